The van der Waals surface area contributed by atoms with Crippen LogP contribution in [0.4, 0.5) is 13.2 Å². The second-order valence-electron chi connectivity index (χ2n) is 3.57. The van der Waals surface area contributed by atoms with E-state index in [1.807, 2.05) is 0 Å². The van der Waals surface area contributed by atoms with Gasteiger partial charge in [-0.25, -0.2) is 8.42 Å². The molecule has 102 valence electrons. The number of hydrogen-bond donors (Lipinski definition) is 1. The second-order valence-corrected chi connectivity index (χ2v) is 5.61. The van der Waals surface area contributed by atoms with Crippen molar-refractivity contribution in [2.45, 2.75) is 17.6 Å². The van der Waals surface area contributed by atoms with Gasteiger partial charge < -0.3 is 5.73 Å². The molecule has 1 aromatic heterocycles. The maximum Gasteiger partial charge on any atom is 0.402 e. The summed E-state index contributed by atoms with van der Waals surface area (Å²) in [4.78, 5) is 3.43. The average Bonchev–Trinajstić information content (AvgIpc) is 2.27. The van der Waals surface area contributed by atoms with Crippen LogP contribution in [0.5, 0.6) is 0 Å². The van der Waals surface area contributed by atoms with E-state index >= 15 is 0 Å². The molecule has 0 unspecified atom stereocenters. The lowest BCUT2D eigenvalue weighted by Gasteiger charge is -2.18. The lowest BCUT2D eigenvalue weighted by Crippen LogP contribution is -2.35. The minimum atomic E-state index is -4.59. The van der Waals surface area contributed by atoms with E-state index in [0.717, 1.165) is 13.2 Å². The molecule has 0 atom stereocenters. The number of nitrogens with zero attached hydrogens (tertiary/aromatic N) is 2. The molecule has 1 rings (SSSR count). The fourth-order valence-electron chi connectivity index (χ4n) is 1.20. The number of sulfonamides is 1. The van der Waals surface area contributed by atoms with Crippen LogP contribution in [0.3, 0.4) is 0 Å². The van der Waals surface area contributed by atoms with E-state index in [4.69, 9.17) is 5.73 Å². The number of aromatic nitrogens is 1. The van der Waals surface area contributed by atoms with Crippen LogP contribution in [0.15, 0.2) is 23.2 Å². The fourth-order valence-corrected chi connectivity index (χ4v) is 2.30. The summed E-state index contributed by atoms with van der Waals surface area (Å²) < 4.78 is 60.2. The van der Waals surface area contributed by atoms with Crippen LogP contribution in [-0.2, 0) is 16.6 Å². The van der Waals surface area contributed by atoms with E-state index < -0.39 is 22.7 Å². The van der Waals surface area contributed by atoms with Gasteiger partial charge in [-0.15, -0.1) is 0 Å². The average molecular weight is 283 g/mol. The predicted molar refractivity (Wildman–Crippen MR) is 58.0 cm³/mol. The third-order valence-corrected chi connectivity index (χ3v) is 3.90. The zero-order chi connectivity index (χ0) is 14.0. The molecule has 5 nitrogen and oxygen atoms in total. The maximum absolute atomic E-state index is 12.1. The molecule has 0 radical (unpaired) electrons. The normalized spacial score (nSPS) is 13.0. The topological polar surface area (TPSA) is 76.3 Å². The van der Waals surface area contributed by atoms with Crippen molar-refractivity contribution in [3.63, 3.8) is 0 Å². The van der Waals surface area contributed by atoms with E-state index in [1.54, 1.807) is 0 Å². The molecular weight excluding hydrogens is 271 g/mol. The summed E-state index contributed by atoms with van der Waals surface area (Å²) in [5, 5.41) is 0. The zero-order valence-electron chi connectivity index (χ0n) is 9.48. The monoisotopic (exact) mass is 283 g/mol. The van der Waals surface area contributed by atoms with Crippen molar-refractivity contribution in [3.05, 3.63) is 24.0 Å². The Balaban J connectivity index is 2.98. The first-order valence-corrected chi connectivity index (χ1v) is 6.29. The largest absolute Gasteiger partial charge is 0.402 e. The Morgan fingerprint density at radius 1 is 1.39 bits per heavy atom. The van der Waals surface area contributed by atoms with Crippen molar-refractivity contribution in [1.29, 1.82) is 0 Å². The number of rotatable bonds is 4. The van der Waals surface area contributed by atoms with Gasteiger partial charge in [0.2, 0.25) is 10.0 Å². The molecule has 2 N–H and O–H groups in total. The molecule has 0 spiro atoms. The third-order valence-electron chi connectivity index (χ3n) is 2.12. The van der Waals surface area contributed by atoms with Crippen molar-refractivity contribution in [2.75, 3.05) is 13.6 Å². The highest BCUT2D eigenvalue weighted by Gasteiger charge is 2.34. The third kappa shape index (κ3) is 3.65. The Hall–Kier alpha value is -1.19. The van der Waals surface area contributed by atoms with Crippen LogP contribution >= 0.6 is 0 Å². The summed E-state index contributed by atoms with van der Waals surface area (Å²) >= 11 is 0. The van der Waals surface area contributed by atoms with E-state index in [0.29, 0.717) is 5.69 Å². The van der Waals surface area contributed by atoms with Crippen LogP contribution in [0.2, 0.25) is 0 Å². The molecule has 0 amide bonds. The number of hydrogen-bond acceptors (Lipinski definition) is 4. The van der Waals surface area contributed by atoms with Gasteiger partial charge in [-0.2, -0.15) is 17.5 Å². The second kappa shape index (κ2) is 5.21. The highest BCUT2D eigenvalue weighted by Crippen LogP contribution is 2.20. The van der Waals surface area contributed by atoms with Gasteiger partial charge in [0, 0.05) is 19.8 Å². The van der Waals surface area contributed by atoms with Crippen molar-refractivity contribution in [3.8, 4) is 0 Å². The number of pyridine rings is 1. The number of alkyl halides is 3. The van der Waals surface area contributed by atoms with Crippen molar-refractivity contribution >= 4 is 10.0 Å². The molecule has 18 heavy (non-hydrogen) atoms. The van der Waals surface area contributed by atoms with Crippen LogP contribution in [0, 0.1) is 0 Å². The molecule has 0 saturated carbocycles. The first kappa shape index (κ1) is 14.9. The van der Waals surface area contributed by atoms with E-state index in [1.165, 1.54) is 12.1 Å². The van der Waals surface area contributed by atoms with Gasteiger partial charge in [-0.3, -0.25) is 4.98 Å². The minimum Gasteiger partial charge on any atom is -0.325 e. The molecule has 0 aliphatic heterocycles. The molecule has 0 saturated heterocycles. The zero-order valence-corrected chi connectivity index (χ0v) is 10.3. The van der Waals surface area contributed by atoms with Gasteiger partial charge in [-0.1, -0.05) is 0 Å². The Bertz CT molecular complexity index is 499. The van der Waals surface area contributed by atoms with Crippen LogP contribution in [0.25, 0.3) is 0 Å². The SMILES string of the molecule is CN(CC(F)(F)F)S(=O)(=O)c1ccc(CN)nc1. The fraction of sp³-hybridized carbons (Fsp3) is 0.444. The highest BCUT2D eigenvalue weighted by atomic mass is 32.2. The molecule has 9 heteroatoms. The minimum absolute atomic E-state index is 0.124. The van der Waals surface area contributed by atoms with E-state index in [9.17, 15) is 21.6 Å². The summed E-state index contributed by atoms with van der Waals surface area (Å²) in [6.45, 7) is -1.42. The number of halogens is 3. The van der Waals surface area contributed by atoms with Gasteiger partial charge in [0.05, 0.1) is 5.69 Å². The molecular formula is C9H12F3N3O2S. The van der Waals surface area contributed by atoms with Gasteiger partial charge in [0.1, 0.15) is 11.4 Å². The predicted octanol–water partition coefficient (Wildman–Crippen LogP) is 0.723. The first-order chi connectivity index (χ1) is 8.16. The molecule has 1 heterocycles. The Kier molecular flexibility index (Phi) is 4.30. The standard InChI is InChI=1S/C9H12F3N3O2S/c1-15(6-9(10,11)12)18(16,17)8-3-2-7(4-13)14-5-8/h2-3,5H,4,6,13H2,1H3. The lowest BCUT2D eigenvalue weighted by molar-refractivity contribution is -0.134. The van der Waals surface area contributed by atoms with Crippen molar-refractivity contribution in [1.82, 2.24) is 9.29 Å². The van der Waals surface area contributed by atoms with Crippen LogP contribution in [0.1, 0.15) is 5.69 Å². The van der Waals surface area contributed by atoms with Gasteiger partial charge in [-0.05, 0) is 12.1 Å². The molecule has 1 aromatic rings. The van der Waals surface area contributed by atoms with Crippen molar-refractivity contribution in [2.24, 2.45) is 5.73 Å². The van der Waals surface area contributed by atoms with Gasteiger partial charge in [0.15, 0.2) is 0 Å². The first-order valence-electron chi connectivity index (χ1n) is 4.85. The van der Waals surface area contributed by atoms with Crippen molar-refractivity contribution < 1.29 is 21.6 Å². The summed E-state index contributed by atoms with van der Waals surface area (Å²) in [7, 11) is -3.33. The Morgan fingerprint density at radius 3 is 2.39 bits per heavy atom. The summed E-state index contributed by atoms with van der Waals surface area (Å²) in [6, 6.07) is 2.53. The molecule has 0 aliphatic rings. The summed E-state index contributed by atoms with van der Waals surface area (Å²) in [5.74, 6) is 0. The quantitative estimate of drug-likeness (QED) is 0.883. The highest BCUT2D eigenvalue weighted by molar-refractivity contribution is 7.89. The van der Waals surface area contributed by atoms with Gasteiger partial charge >= 0.3 is 6.18 Å². The van der Waals surface area contributed by atoms with Crippen LogP contribution in [-0.4, -0.2) is 37.5 Å². The maximum atomic E-state index is 12.1. The molecule has 0 aromatic carbocycles. The number of nitrogens with two attached hydrogens (primary N) is 1. The van der Waals surface area contributed by atoms with Gasteiger partial charge in [0.25, 0.3) is 0 Å². The molecule has 0 fully saturated rings. The molecule has 0 aliphatic carbocycles. The molecule has 0 bridgehead atoms. The Morgan fingerprint density at radius 2 is 2.00 bits per heavy atom. The van der Waals surface area contributed by atoms with E-state index in [-0.39, 0.29) is 15.7 Å². The summed E-state index contributed by atoms with van der Waals surface area (Å²) in [5.41, 5.74) is 5.73. The Labute approximate surface area is 102 Å². The van der Waals surface area contributed by atoms with Crippen LogP contribution < -0.4 is 5.73 Å². The van der Waals surface area contributed by atoms with E-state index in [2.05, 4.69) is 4.98 Å². The summed E-state index contributed by atoms with van der Waals surface area (Å²) in [6.07, 6.45) is -3.60. The lowest BCUT2D eigenvalue weighted by atomic mass is 10.4. The smallest absolute Gasteiger partial charge is 0.325 e.